The van der Waals surface area contributed by atoms with Gasteiger partial charge in [0.05, 0.1) is 17.1 Å². The average Bonchev–Trinajstić information content (AvgIpc) is 2.37. The molecule has 0 bridgehead atoms. The van der Waals surface area contributed by atoms with Gasteiger partial charge < -0.3 is 9.84 Å². The Morgan fingerprint density at radius 1 is 1.43 bits per heavy atom. The van der Waals surface area contributed by atoms with Crippen LogP contribution in [0, 0.1) is 0 Å². The smallest absolute Gasteiger partial charge is 0.335 e. The monoisotopic (exact) mass is 379 g/mol. The average molecular weight is 380 g/mol. The summed E-state index contributed by atoms with van der Waals surface area (Å²) in [5, 5.41) is 8.92. The van der Waals surface area contributed by atoms with Crippen LogP contribution in [0.2, 0.25) is 0 Å². The van der Waals surface area contributed by atoms with E-state index in [-0.39, 0.29) is 34.1 Å². The highest BCUT2D eigenvalue weighted by Gasteiger charge is 2.28. The first-order valence-electron chi connectivity index (χ1n) is 6.25. The Labute approximate surface area is 132 Å². The third kappa shape index (κ3) is 4.26. The van der Waals surface area contributed by atoms with Crippen LogP contribution >= 0.6 is 15.9 Å². The van der Waals surface area contributed by atoms with E-state index in [1.807, 2.05) is 0 Å². The number of carbonyl (C=O) groups is 1. The van der Waals surface area contributed by atoms with E-state index < -0.39 is 16.0 Å². The van der Waals surface area contributed by atoms with Crippen LogP contribution < -0.4 is 0 Å². The fourth-order valence-electron chi connectivity index (χ4n) is 1.81. The molecule has 0 saturated carbocycles. The highest BCUT2D eigenvalue weighted by molar-refractivity contribution is 9.10. The van der Waals surface area contributed by atoms with Crippen molar-refractivity contribution in [1.29, 1.82) is 0 Å². The second kappa shape index (κ2) is 7.35. The molecule has 0 aliphatic heterocycles. The fourth-order valence-corrected chi connectivity index (χ4v) is 4.47. The van der Waals surface area contributed by atoms with Crippen LogP contribution in [0.4, 0.5) is 0 Å². The molecule has 0 spiro atoms. The van der Waals surface area contributed by atoms with Crippen LogP contribution in [0.25, 0.3) is 0 Å². The van der Waals surface area contributed by atoms with Gasteiger partial charge >= 0.3 is 5.97 Å². The van der Waals surface area contributed by atoms with Gasteiger partial charge in [-0.1, -0.05) is 0 Å². The predicted octanol–water partition coefficient (Wildman–Crippen LogP) is 2.19. The molecule has 1 rings (SSSR count). The van der Waals surface area contributed by atoms with Crippen LogP contribution in [-0.4, -0.2) is 50.1 Å². The lowest BCUT2D eigenvalue weighted by atomic mass is 10.2. The third-order valence-corrected chi connectivity index (χ3v) is 5.91. The topological polar surface area (TPSA) is 83.9 Å². The molecule has 1 aromatic rings. The molecular weight excluding hydrogens is 362 g/mol. The van der Waals surface area contributed by atoms with Gasteiger partial charge in [0.1, 0.15) is 0 Å². The molecule has 0 amide bonds. The van der Waals surface area contributed by atoms with Gasteiger partial charge in [-0.15, -0.1) is 0 Å². The van der Waals surface area contributed by atoms with Crippen LogP contribution in [0.15, 0.2) is 27.6 Å². The van der Waals surface area contributed by atoms with E-state index >= 15 is 0 Å². The van der Waals surface area contributed by atoms with Crippen molar-refractivity contribution in [2.75, 3.05) is 20.3 Å². The van der Waals surface area contributed by atoms with Crippen LogP contribution in [-0.2, 0) is 14.8 Å². The summed E-state index contributed by atoms with van der Waals surface area (Å²) in [4.78, 5) is 10.9. The van der Waals surface area contributed by atoms with Gasteiger partial charge in [0.25, 0.3) is 0 Å². The van der Waals surface area contributed by atoms with Crippen molar-refractivity contribution in [3.05, 3.63) is 28.2 Å². The summed E-state index contributed by atoms with van der Waals surface area (Å²) >= 11 is 3.14. The standard InChI is InChI=1S/C13H18BrNO5S/c1-9(2)15(6-7-20-3)21(18,19)12-5-4-10(13(16)17)8-11(12)14/h4-5,8-9H,6-7H2,1-3H3,(H,16,17). The summed E-state index contributed by atoms with van der Waals surface area (Å²) in [5.74, 6) is -1.11. The van der Waals surface area contributed by atoms with Crippen molar-refractivity contribution >= 4 is 31.9 Å². The second-order valence-corrected chi connectivity index (χ2v) is 7.37. The van der Waals surface area contributed by atoms with Gasteiger partial charge in [0, 0.05) is 24.2 Å². The minimum Gasteiger partial charge on any atom is -0.478 e. The molecule has 21 heavy (non-hydrogen) atoms. The van der Waals surface area contributed by atoms with Gasteiger partial charge in [-0.2, -0.15) is 4.31 Å². The lowest BCUT2D eigenvalue weighted by Gasteiger charge is -2.26. The molecule has 0 aliphatic carbocycles. The molecule has 0 saturated heterocycles. The first-order valence-corrected chi connectivity index (χ1v) is 8.48. The maximum Gasteiger partial charge on any atom is 0.335 e. The SMILES string of the molecule is COCCN(C(C)C)S(=O)(=O)c1ccc(C(=O)O)cc1Br. The lowest BCUT2D eigenvalue weighted by molar-refractivity contribution is 0.0696. The highest BCUT2D eigenvalue weighted by atomic mass is 79.9. The molecular formula is C13H18BrNO5S. The minimum atomic E-state index is -3.73. The number of sulfonamides is 1. The highest BCUT2D eigenvalue weighted by Crippen LogP contribution is 2.27. The molecule has 1 aromatic carbocycles. The van der Waals surface area contributed by atoms with E-state index in [0.29, 0.717) is 0 Å². The maximum absolute atomic E-state index is 12.7. The van der Waals surface area contributed by atoms with E-state index in [1.54, 1.807) is 13.8 Å². The second-order valence-electron chi connectivity index (χ2n) is 4.65. The first kappa shape index (κ1) is 18.1. The van der Waals surface area contributed by atoms with Gasteiger partial charge in [-0.05, 0) is 48.0 Å². The summed E-state index contributed by atoms with van der Waals surface area (Å²) in [6, 6.07) is 3.61. The number of methoxy groups -OCH3 is 1. The van der Waals surface area contributed by atoms with E-state index in [0.717, 1.165) is 0 Å². The van der Waals surface area contributed by atoms with Crippen molar-refractivity contribution in [1.82, 2.24) is 4.31 Å². The molecule has 0 radical (unpaired) electrons. The first-order chi connectivity index (χ1) is 9.71. The van der Waals surface area contributed by atoms with Crippen molar-refractivity contribution in [3.63, 3.8) is 0 Å². The molecule has 118 valence electrons. The van der Waals surface area contributed by atoms with Crippen molar-refractivity contribution in [3.8, 4) is 0 Å². The summed E-state index contributed by atoms with van der Waals surface area (Å²) in [7, 11) is -2.23. The fraction of sp³-hybridized carbons (Fsp3) is 0.462. The number of benzene rings is 1. The molecule has 0 aliphatic rings. The summed E-state index contributed by atoms with van der Waals surface area (Å²) in [5.41, 5.74) is 0.0220. The summed E-state index contributed by atoms with van der Waals surface area (Å²) in [6.07, 6.45) is 0. The van der Waals surface area contributed by atoms with Crippen molar-refractivity contribution in [2.45, 2.75) is 24.8 Å². The molecule has 1 N–H and O–H groups in total. The van der Waals surface area contributed by atoms with E-state index in [1.165, 1.54) is 29.6 Å². The maximum atomic E-state index is 12.7. The van der Waals surface area contributed by atoms with E-state index in [4.69, 9.17) is 9.84 Å². The Bertz CT molecular complexity index is 615. The Balaban J connectivity index is 3.25. The number of ether oxygens (including phenoxy) is 1. The number of nitrogens with zero attached hydrogens (tertiary/aromatic N) is 1. The number of carboxylic acids is 1. The normalized spacial score (nSPS) is 12.1. The molecule has 0 aromatic heterocycles. The molecule has 0 fully saturated rings. The number of aromatic carboxylic acids is 1. The lowest BCUT2D eigenvalue weighted by Crippen LogP contribution is -2.39. The van der Waals surface area contributed by atoms with E-state index in [9.17, 15) is 13.2 Å². The molecule has 6 nitrogen and oxygen atoms in total. The summed E-state index contributed by atoms with van der Waals surface area (Å²) < 4.78 is 31.8. The zero-order valence-electron chi connectivity index (χ0n) is 12.0. The van der Waals surface area contributed by atoms with Crippen molar-refractivity contribution < 1.29 is 23.1 Å². The van der Waals surface area contributed by atoms with Crippen molar-refractivity contribution in [2.24, 2.45) is 0 Å². The van der Waals surface area contributed by atoms with E-state index in [2.05, 4.69) is 15.9 Å². The van der Waals surface area contributed by atoms with Crippen LogP contribution in [0.1, 0.15) is 24.2 Å². The van der Waals surface area contributed by atoms with Crippen LogP contribution in [0.5, 0.6) is 0 Å². The summed E-state index contributed by atoms with van der Waals surface area (Å²) in [6.45, 7) is 4.05. The Morgan fingerprint density at radius 3 is 2.48 bits per heavy atom. The Hall–Kier alpha value is -0.960. The Morgan fingerprint density at radius 2 is 2.05 bits per heavy atom. The predicted molar refractivity (Wildman–Crippen MR) is 82.0 cm³/mol. The minimum absolute atomic E-state index is 0.0220. The van der Waals surface area contributed by atoms with Gasteiger partial charge in [0.2, 0.25) is 10.0 Å². The number of hydrogen-bond donors (Lipinski definition) is 1. The molecule has 0 heterocycles. The quantitative estimate of drug-likeness (QED) is 0.784. The zero-order valence-corrected chi connectivity index (χ0v) is 14.4. The van der Waals surface area contributed by atoms with Gasteiger partial charge in [0.15, 0.2) is 0 Å². The number of rotatable bonds is 7. The number of halogens is 1. The van der Waals surface area contributed by atoms with Gasteiger partial charge in [-0.3, -0.25) is 0 Å². The largest absolute Gasteiger partial charge is 0.478 e. The molecule has 0 unspecified atom stereocenters. The Kier molecular flexibility index (Phi) is 6.33. The molecule has 8 heteroatoms. The van der Waals surface area contributed by atoms with Crippen LogP contribution in [0.3, 0.4) is 0 Å². The zero-order chi connectivity index (χ0) is 16.2. The third-order valence-electron chi connectivity index (χ3n) is 2.86. The van der Waals surface area contributed by atoms with Gasteiger partial charge in [-0.25, -0.2) is 13.2 Å². The molecule has 0 atom stereocenters. The number of carboxylic acid groups (broad SMARTS) is 1. The number of hydrogen-bond acceptors (Lipinski definition) is 4.